The number of phosphoric ester groups is 2. The first-order chi connectivity index (χ1) is 42.6. The zero-order valence-corrected chi connectivity index (χ0v) is 58.6. The van der Waals surface area contributed by atoms with E-state index in [0.29, 0.717) is 25.7 Å². The van der Waals surface area contributed by atoms with Gasteiger partial charge in [-0.1, -0.05) is 304 Å². The lowest BCUT2D eigenvalue weighted by atomic mass is 9.99. The molecule has 17 nitrogen and oxygen atoms in total. The summed E-state index contributed by atoms with van der Waals surface area (Å²) < 4.78 is 68.2. The van der Waals surface area contributed by atoms with Crippen LogP contribution in [-0.4, -0.2) is 96.7 Å². The van der Waals surface area contributed by atoms with Crippen molar-refractivity contribution in [3.05, 3.63) is 0 Å². The molecule has 19 heteroatoms. The second kappa shape index (κ2) is 62.5. The third-order valence-corrected chi connectivity index (χ3v) is 18.3. The topological polar surface area (TPSA) is 237 Å². The van der Waals surface area contributed by atoms with Gasteiger partial charge in [0, 0.05) is 25.7 Å². The highest BCUT2D eigenvalue weighted by Crippen LogP contribution is 2.45. The Morgan fingerprint density at radius 3 is 0.807 bits per heavy atom. The van der Waals surface area contributed by atoms with Gasteiger partial charge in [-0.25, -0.2) is 9.13 Å². The van der Waals surface area contributed by atoms with Gasteiger partial charge in [0.2, 0.25) is 0 Å². The molecule has 0 heterocycles. The molecule has 0 rings (SSSR count). The maximum Gasteiger partial charge on any atom is 0.472 e. The summed E-state index contributed by atoms with van der Waals surface area (Å²) in [5, 5.41) is 10.6. The van der Waals surface area contributed by atoms with E-state index in [1.807, 2.05) is 0 Å². The predicted octanol–water partition coefficient (Wildman–Crippen LogP) is 19.7. The first-order valence-electron chi connectivity index (χ1n) is 36.2. The van der Waals surface area contributed by atoms with E-state index in [9.17, 15) is 43.2 Å². The van der Waals surface area contributed by atoms with Gasteiger partial charge in [-0.3, -0.25) is 37.3 Å². The number of phosphoric acid groups is 2. The van der Waals surface area contributed by atoms with E-state index >= 15 is 0 Å². The van der Waals surface area contributed by atoms with Crippen LogP contribution in [0, 0.1) is 5.92 Å². The van der Waals surface area contributed by atoms with Crippen molar-refractivity contribution >= 4 is 39.5 Å². The lowest BCUT2D eigenvalue weighted by Gasteiger charge is -2.21. The van der Waals surface area contributed by atoms with Gasteiger partial charge < -0.3 is 33.8 Å². The summed E-state index contributed by atoms with van der Waals surface area (Å²) in [4.78, 5) is 72.4. The van der Waals surface area contributed by atoms with E-state index in [0.717, 1.165) is 109 Å². The second-order valence-corrected chi connectivity index (χ2v) is 28.1. The van der Waals surface area contributed by atoms with E-state index < -0.39 is 97.5 Å². The molecule has 0 saturated heterocycles. The summed E-state index contributed by atoms with van der Waals surface area (Å²) in [6, 6.07) is 0. The molecule has 0 aliphatic rings. The number of ether oxygens (including phenoxy) is 4. The monoisotopic (exact) mass is 1300 g/mol. The molecule has 6 atom stereocenters. The van der Waals surface area contributed by atoms with Gasteiger partial charge in [0.05, 0.1) is 26.4 Å². The molecular weight excluding hydrogens is 1160 g/mol. The van der Waals surface area contributed by atoms with Gasteiger partial charge in [-0.15, -0.1) is 0 Å². The van der Waals surface area contributed by atoms with Crippen LogP contribution in [0.15, 0.2) is 0 Å². The first-order valence-corrected chi connectivity index (χ1v) is 39.2. The Labute approximate surface area is 537 Å². The van der Waals surface area contributed by atoms with Gasteiger partial charge in [0.15, 0.2) is 12.2 Å². The minimum absolute atomic E-state index is 0.105. The number of hydrogen-bond acceptors (Lipinski definition) is 15. The highest BCUT2D eigenvalue weighted by atomic mass is 31.2. The van der Waals surface area contributed by atoms with Crippen LogP contribution in [0.5, 0.6) is 0 Å². The SMILES string of the molecule is CCCCCCCCCCCCCCCCCC(=O)O[C@H](COC(=O)CCCCCCCCCCCCCCCC)COP(=O)(O)OC[C@@H](O)COP(=O)(O)OC[C@@H](COC(=O)CCCCCCCCC)OC(=O)CCCCCCCCCCC(C)CC. The summed E-state index contributed by atoms with van der Waals surface area (Å²) in [6.07, 6.45) is 48.5. The molecule has 0 aromatic heterocycles. The number of hydrogen-bond donors (Lipinski definition) is 3. The molecule has 0 aromatic rings. The predicted molar refractivity (Wildman–Crippen MR) is 354 cm³/mol. The molecular formula is C69H134O17P2. The minimum atomic E-state index is -4.95. The standard InChI is InChI=1S/C69H134O17P2/c1-6-10-13-16-19-21-23-25-27-29-31-33-39-44-49-54-68(73)85-65(59-80-67(72)53-48-43-38-32-30-28-26-24-22-20-17-14-11-7-2)61-84-88(77,78)82-57-63(70)56-81-87(75,76)83-60-64(58-79-66(71)52-47-42-36-18-15-12-8-3)86-69(74)55-50-45-40-35-34-37-41-46-51-62(5)9-4/h62-65,70H,6-61H2,1-5H3,(H,75,76)(H,77,78)/t62?,63-,64+,65+/m0/s1. The van der Waals surface area contributed by atoms with E-state index in [2.05, 4.69) is 34.6 Å². The lowest BCUT2D eigenvalue weighted by Crippen LogP contribution is -2.30. The number of carbonyl (C=O) groups excluding carboxylic acids is 4. The fraction of sp³-hybridized carbons (Fsp3) is 0.942. The second-order valence-electron chi connectivity index (χ2n) is 25.2. The molecule has 522 valence electrons. The van der Waals surface area contributed by atoms with Gasteiger partial charge >= 0.3 is 39.5 Å². The molecule has 3 N–H and O–H groups in total. The summed E-state index contributed by atoms with van der Waals surface area (Å²) in [6.45, 7) is 7.20. The molecule has 3 unspecified atom stereocenters. The fourth-order valence-electron chi connectivity index (χ4n) is 10.4. The Kier molecular flexibility index (Phi) is 61.1. The minimum Gasteiger partial charge on any atom is -0.462 e. The van der Waals surface area contributed by atoms with E-state index in [-0.39, 0.29) is 25.7 Å². The summed E-state index contributed by atoms with van der Waals surface area (Å²) in [7, 11) is -9.89. The Balaban J connectivity index is 5.21. The molecule has 0 aliphatic heterocycles. The normalized spacial score (nSPS) is 14.4. The number of esters is 4. The average molecular weight is 1300 g/mol. The number of aliphatic hydroxyl groups is 1. The third kappa shape index (κ3) is 61.6. The number of rotatable bonds is 69. The Morgan fingerprint density at radius 2 is 0.545 bits per heavy atom. The molecule has 0 amide bonds. The molecule has 0 spiro atoms. The largest absolute Gasteiger partial charge is 0.472 e. The number of aliphatic hydroxyl groups excluding tert-OH is 1. The molecule has 0 radical (unpaired) electrons. The van der Waals surface area contributed by atoms with Gasteiger partial charge in [0.1, 0.15) is 19.3 Å². The van der Waals surface area contributed by atoms with Crippen LogP contribution in [-0.2, 0) is 65.4 Å². The lowest BCUT2D eigenvalue weighted by molar-refractivity contribution is -0.161. The quantitative estimate of drug-likeness (QED) is 0.0222. The molecule has 0 aromatic carbocycles. The molecule has 0 aliphatic carbocycles. The highest BCUT2D eigenvalue weighted by Gasteiger charge is 2.30. The summed E-state index contributed by atoms with van der Waals surface area (Å²) in [5.74, 6) is -1.36. The number of unbranched alkanes of at least 4 members (excludes halogenated alkanes) is 40. The van der Waals surface area contributed by atoms with Crippen LogP contribution in [0.4, 0.5) is 0 Å². The van der Waals surface area contributed by atoms with Crippen molar-refractivity contribution in [1.29, 1.82) is 0 Å². The van der Waals surface area contributed by atoms with Crippen molar-refractivity contribution < 1.29 is 80.2 Å². The molecule has 88 heavy (non-hydrogen) atoms. The van der Waals surface area contributed by atoms with E-state index in [1.54, 1.807) is 0 Å². The molecule has 0 saturated carbocycles. The van der Waals surface area contributed by atoms with Crippen molar-refractivity contribution in [3.63, 3.8) is 0 Å². The zero-order valence-electron chi connectivity index (χ0n) is 56.9. The maximum absolute atomic E-state index is 13.0. The Morgan fingerprint density at radius 1 is 0.318 bits per heavy atom. The summed E-state index contributed by atoms with van der Waals surface area (Å²) >= 11 is 0. The van der Waals surface area contributed by atoms with Gasteiger partial charge in [-0.2, -0.15) is 0 Å². The van der Waals surface area contributed by atoms with Crippen molar-refractivity contribution in [3.8, 4) is 0 Å². The first kappa shape index (κ1) is 86.1. The third-order valence-electron chi connectivity index (χ3n) is 16.4. The average Bonchev–Trinajstić information content (AvgIpc) is 3.71. The van der Waals surface area contributed by atoms with Crippen LogP contribution in [0.3, 0.4) is 0 Å². The van der Waals surface area contributed by atoms with Crippen LogP contribution in [0.2, 0.25) is 0 Å². The van der Waals surface area contributed by atoms with Crippen LogP contribution in [0.1, 0.15) is 356 Å². The molecule has 0 fully saturated rings. The Hall–Kier alpha value is -1.94. The maximum atomic E-state index is 13.0. The van der Waals surface area contributed by atoms with Crippen LogP contribution >= 0.6 is 15.6 Å². The van der Waals surface area contributed by atoms with Crippen LogP contribution in [0.25, 0.3) is 0 Å². The zero-order chi connectivity index (χ0) is 64.9. The Bertz CT molecular complexity index is 1710. The fourth-order valence-corrected chi connectivity index (χ4v) is 12.0. The van der Waals surface area contributed by atoms with E-state index in [4.69, 9.17) is 37.0 Å². The van der Waals surface area contributed by atoms with Crippen molar-refractivity contribution in [2.75, 3.05) is 39.6 Å². The van der Waals surface area contributed by atoms with Crippen LogP contribution < -0.4 is 0 Å². The molecule has 0 bridgehead atoms. The van der Waals surface area contributed by atoms with Crippen molar-refractivity contribution in [2.24, 2.45) is 5.92 Å². The van der Waals surface area contributed by atoms with Gasteiger partial charge in [-0.05, 0) is 31.6 Å². The van der Waals surface area contributed by atoms with Crippen molar-refractivity contribution in [2.45, 2.75) is 374 Å². The highest BCUT2D eigenvalue weighted by molar-refractivity contribution is 7.47. The summed E-state index contributed by atoms with van der Waals surface area (Å²) in [5.41, 5.74) is 0. The van der Waals surface area contributed by atoms with Gasteiger partial charge in [0.25, 0.3) is 0 Å². The van der Waals surface area contributed by atoms with Crippen molar-refractivity contribution in [1.82, 2.24) is 0 Å². The smallest absolute Gasteiger partial charge is 0.462 e. The number of carbonyl (C=O) groups is 4. The van der Waals surface area contributed by atoms with E-state index in [1.165, 1.54) is 167 Å².